The molecule has 0 saturated heterocycles. The number of nitrogens with zero attached hydrogens (tertiary/aromatic N) is 2. The maximum Gasteiger partial charge on any atom is 0.321 e. The van der Waals surface area contributed by atoms with Crippen molar-refractivity contribution in [3.05, 3.63) is 70.0 Å². The summed E-state index contributed by atoms with van der Waals surface area (Å²) >= 11 is 11.8. The zero-order valence-electron chi connectivity index (χ0n) is 15.2. The predicted molar refractivity (Wildman–Crippen MR) is 110 cm³/mol. The molecule has 0 unspecified atom stereocenters. The summed E-state index contributed by atoms with van der Waals surface area (Å²) in [5.41, 5.74) is 1.49. The average molecular weight is 438 g/mol. The zero-order valence-corrected chi connectivity index (χ0v) is 16.7. The largest absolute Gasteiger partial charge is 0.335 e. The number of halogens is 3. The summed E-state index contributed by atoms with van der Waals surface area (Å²) in [5.74, 6) is 0.257. The van der Waals surface area contributed by atoms with Crippen LogP contribution >= 0.6 is 23.2 Å². The van der Waals surface area contributed by atoms with Crippen molar-refractivity contribution in [2.24, 2.45) is 0 Å². The van der Waals surface area contributed by atoms with Gasteiger partial charge in [0.2, 0.25) is 0 Å². The molecule has 29 heavy (non-hydrogen) atoms. The van der Waals surface area contributed by atoms with E-state index in [1.54, 1.807) is 36.4 Å². The van der Waals surface area contributed by atoms with Crippen molar-refractivity contribution >= 4 is 40.9 Å². The highest BCUT2D eigenvalue weighted by molar-refractivity contribution is 6.30. The predicted octanol–water partition coefficient (Wildman–Crippen LogP) is 4.86. The molecule has 0 aliphatic heterocycles. The topological polar surface area (TPSA) is 92.1 Å². The Morgan fingerprint density at radius 2 is 1.72 bits per heavy atom. The second kappa shape index (κ2) is 10.1. The Morgan fingerprint density at radius 3 is 2.38 bits per heavy atom. The Morgan fingerprint density at radius 1 is 1.07 bits per heavy atom. The molecule has 0 aliphatic rings. The third-order valence-corrected chi connectivity index (χ3v) is 4.39. The summed E-state index contributed by atoms with van der Waals surface area (Å²) in [4.78, 5) is 16.7. The second-order valence-electron chi connectivity index (χ2n) is 6.06. The maximum atomic E-state index is 12.5. The first-order valence-electron chi connectivity index (χ1n) is 8.74. The number of urea groups is 1. The Hall–Kier alpha value is -2.84. The number of nitrogens with one attached hydrogen (secondary N) is 3. The number of carbonyl (C=O) groups excluding carboxylic acids is 1. The van der Waals surface area contributed by atoms with E-state index < -0.39 is 18.7 Å². The maximum absolute atomic E-state index is 12.5. The SMILES string of the molecule is O=C(Nc1ccc(Cl)cc1)N[C@@H](Cc1ccc(Cl)cc1)c1noc(NCCF)n1. The van der Waals surface area contributed by atoms with Gasteiger partial charge in [0.15, 0.2) is 5.82 Å². The summed E-state index contributed by atoms with van der Waals surface area (Å²) in [5, 5.41) is 13.3. The van der Waals surface area contributed by atoms with Gasteiger partial charge in [0.25, 0.3) is 0 Å². The van der Waals surface area contributed by atoms with Crippen LogP contribution in [0.1, 0.15) is 17.4 Å². The van der Waals surface area contributed by atoms with Gasteiger partial charge in [-0.05, 0) is 42.0 Å². The Kier molecular flexibility index (Phi) is 7.26. The number of anilines is 2. The molecule has 0 saturated carbocycles. The number of alkyl halides is 1. The van der Waals surface area contributed by atoms with Gasteiger partial charge in [-0.25, -0.2) is 9.18 Å². The molecule has 1 aromatic heterocycles. The first kappa shape index (κ1) is 20.9. The summed E-state index contributed by atoms with van der Waals surface area (Å²) in [6.45, 7) is -0.526. The highest BCUT2D eigenvalue weighted by Crippen LogP contribution is 2.20. The third kappa shape index (κ3) is 6.33. The molecular formula is C19H18Cl2FN5O2. The molecule has 2 aromatic carbocycles. The molecule has 0 aliphatic carbocycles. The van der Waals surface area contributed by atoms with Gasteiger partial charge in [-0.15, -0.1) is 0 Å². The van der Waals surface area contributed by atoms with Crippen LogP contribution in [0.2, 0.25) is 10.0 Å². The highest BCUT2D eigenvalue weighted by atomic mass is 35.5. The minimum absolute atomic E-state index is 0.0496. The molecule has 1 atom stereocenters. The van der Waals surface area contributed by atoms with Gasteiger partial charge in [0, 0.05) is 28.7 Å². The highest BCUT2D eigenvalue weighted by Gasteiger charge is 2.21. The molecule has 0 spiro atoms. The Bertz CT molecular complexity index is 935. The van der Waals surface area contributed by atoms with E-state index in [9.17, 15) is 9.18 Å². The molecule has 152 valence electrons. The lowest BCUT2D eigenvalue weighted by Gasteiger charge is -2.16. The smallest absolute Gasteiger partial charge is 0.321 e. The molecule has 0 fully saturated rings. The summed E-state index contributed by atoms with van der Waals surface area (Å²) in [6, 6.07) is 13.0. The standard InChI is InChI=1S/C19H18Cl2FN5O2/c20-13-3-1-12(2-4-13)11-16(17-26-19(29-27-17)23-10-9-22)25-18(28)24-15-7-5-14(21)6-8-15/h1-8,16H,9-11H2,(H,23,26,27)(H2,24,25,28)/t16-/m0/s1. The molecule has 2 amide bonds. The Labute approximate surface area is 176 Å². The molecule has 3 aromatic rings. The van der Waals surface area contributed by atoms with E-state index in [-0.39, 0.29) is 18.4 Å². The average Bonchev–Trinajstić information content (AvgIpc) is 3.18. The molecule has 7 nitrogen and oxygen atoms in total. The zero-order chi connectivity index (χ0) is 20.6. The first-order valence-corrected chi connectivity index (χ1v) is 9.50. The van der Waals surface area contributed by atoms with E-state index in [0.717, 1.165) is 5.56 Å². The molecule has 0 bridgehead atoms. The van der Waals surface area contributed by atoms with Crippen LogP contribution in [0.4, 0.5) is 20.9 Å². The van der Waals surface area contributed by atoms with Crippen LogP contribution in [0.25, 0.3) is 0 Å². The Balaban J connectivity index is 1.74. The fourth-order valence-electron chi connectivity index (χ4n) is 2.52. The molecule has 10 heteroatoms. The fraction of sp³-hybridized carbons (Fsp3) is 0.211. The molecule has 0 radical (unpaired) electrons. The van der Waals surface area contributed by atoms with Crippen molar-refractivity contribution in [1.29, 1.82) is 0 Å². The van der Waals surface area contributed by atoms with Gasteiger partial charge in [0.05, 0.1) is 6.04 Å². The van der Waals surface area contributed by atoms with Crippen LogP contribution in [-0.4, -0.2) is 29.4 Å². The fourth-order valence-corrected chi connectivity index (χ4v) is 2.78. The number of benzene rings is 2. The minimum Gasteiger partial charge on any atom is -0.335 e. The van der Waals surface area contributed by atoms with Crippen LogP contribution in [0, 0.1) is 0 Å². The quantitative estimate of drug-likeness (QED) is 0.467. The van der Waals surface area contributed by atoms with Gasteiger partial charge in [-0.2, -0.15) is 4.98 Å². The van der Waals surface area contributed by atoms with Gasteiger partial charge in [-0.3, -0.25) is 0 Å². The van der Waals surface area contributed by atoms with Gasteiger partial charge >= 0.3 is 12.0 Å². The van der Waals surface area contributed by atoms with E-state index in [1.807, 2.05) is 12.1 Å². The van der Waals surface area contributed by atoms with Crippen LogP contribution in [0.5, 0.6) is 0 Å². The third-order valence-electron chi connectivity index (χ3n) is 3.88. The van der Waals surface area contributed by atoms with Gasteiger partial charge in [-0.1, -0.05) is 40.5 Å². The summed E-state index contributed by atoms with van der Waals surface area (Å²) < 4.78 is 17.4. The van der Waals surface area contributed by atoms with Crippen LogP contribution in [0.15, 0.2) is 53.1 Å². The van der Waals surface area contributed by atoms with Crippen LogP contribution in [0.3, 0.4) is 0 Å². The van der Waals surface area contributed by atoms with Crippen LogP contribution in [-0.2, 0) is 6.42 Å². The molecule has 1 heterocycles. The first-order chi connectivity index (χ1) is 14.0. The van der Waals surface area contributed by atoms with Gasteiger partial charge in [0.1, 0.15) is 6.67 Å². The number of rotatable bonds is 8. The summed E-state index contributed by atoms with van der Waals surface area (Å²) in [6.07, 6.45) is 0.396. The van der Waals surface area contributed by atoms with Crippen molar-refractivity contribution in [3.63, 3.8) is 0 Å². The number of aromatic nitrogens is 2. The molecule has 3 N–H and O–H groups in total. The van der Waals surface area contributed by atoms with Crippen molar-refractivity contribution in [1.82, 2.24) is 15.5 Å². The van der Waals surface area contributed by atoms with E-state index in [4.69, 9.17) is 27.7 Å². The van der Waals surface area contributed by atoms with Crippen LogP contribution < -0.4 is 16.0 Å². The summed E-state index contributed by atoms with van der Waals surface area (Å²) in [7, 11) is 0. The number of hydrogen-bond donors (Lipinski definition) is 3. The second-order valence-corrected chi connectivity index (χ2v) is 6.93. The lowest BCUT2D eigenvalue weighted by Crippen LogP contribution is -2.34. The number of carbonyl (C=O) groups is 1. The lowest BCUT2D eigenvalue weighted by molar-refractivity contribution is 0.247. The number of amides is 2. The van der Waals surface area contributed by atoms with Crippen molar-refractivity contribution in [2.45, 2.75) is 12.5 Å². The van der Waals surface area contributed by atoms with Crippen molar-refractivity contribution in [2.75, 3.05) is 23.9 Å². The van der Waals surface area contributed by atoms with E-state index >= 15 is 0 Å². The lowest BCUT2D eigenvalue weighted by atomic mass is 10.1. The normalized spacial score (nSPS) is 11.7. The van der Waals surface area contributed by atoms with E-state index in [0.29, 0.717) is 22.2 Å². The van der Waals surface area contributed by atoms with Gasteiger partial charge < -0.3 is 20.5 Å². The van der Waals surface area contributed by atoms with Crippen molar-refractivity contribution < 1.29 is 13.7 Å². The minimum atomic E-state index is -0.590. The number of hydrogen-bond acceptors (Lipinski definition) is 5. The monoisotopic (exact) mass is 437 g/mol. The molecular weight excluding hydrogens is 420 g/mol. The molecule has 3 rings (SSSR count). The van der Waals surface area contributed by atoms with E-state index in [1.165, 1.54) is 0 Å². The van der Waals surface area contributed by atoms with Crippen molar-refractivity contribution in [3.8, 4) is 0 Å². The van der Waals surface area contributed by atoms with E-state index in [2.05, 4.69) is 26.1 Å².